The molecule has 2 atom stereocenters. The first-order valence-electron chi connectivity index (χ1n) is 4.31. The molecule has 0 bridgehead atoms. The van der Waals surface area contributed by atoms with Crippen LogP contribution in [0.1, 0.15) is 6.92 Å². The molecule has 0 saturated carbocycles. The Morgan fingerprint density at radius 2 is 2.43 bits per heavy atom. The van der Waals surface area contributed by atoms with Crippen LogP contribution in [0, 0.1) is 0 Å². The fourth-order valence-corrected chi connectivity index (χ4v) is 4.55. The van der Waals surface area contributed by atoms with Crippen molar-refractivity contribution in [2.45, 2.75) is 17.8 Å². The van der Waals surface area contributed by atoms with Gasteiger partial charge in [-0.3, -0.25) is 4.79 Å². The van der Waals surface area contributed by atoms with Crippen LogP contribution < -0.4 is 0 Å². The Morgan fingerprint density at radius 3 is 3.07 bits per heavy atom. The summed E-state index contributed by atoms with van der Waals surface area (Å²) in [6.07, 6.45) is 0. The van der Waals surface area contributed by atoms with Crippen LogP contribution >= 0.6 is 23.5 Å². The van der Waals surface area contributed by atoms with Crippen LogP contribution in [0.4, 0.5) is 0 Å². The summed E-state index contributed by atoms with van der Waals surface area (Å²) in [7, 11) is 0. The third-order valence-electron chi connectivity index (χ3n) is 2.52. The number of carboxylic acids is 1. The van der Waals surface area contributed by atoms with Crippen LogP contribution in [0.25, 0.3) is 0 Å². The molecule has 2 saturated heterocycles. The molecule has 2 fully saturated rings. The van der Waals surface area contributed by atoms with Crippen molar-refractivity contribution in [1.29, 1.82) is 0 Å². The molecular formula is C8H11NO3S2. The first-order valence-corrected chi connectivity index (χ1v) is 6.45. The molecule has 0 radical (unpaired) electrons. The van der Waals surface area contributed by atoms with Crippen LogP contribution in [0.3, 0.4) is 0 Å². The lowest BCUT2D eigenvalue weighted by Gasteiger charge is -2.39. The minimum atomic E-state index is -0.888. The molecule has 2 aliphatic rings. The van der Waals surface area contributed by atoms with Crippen LogP contribution in [-0.4, -0.2) is 50.1 Å². The number of thioether (sulfide) groups is 2. The van der Waals surface area contributed by atoms with Gasteiger partial charge in [-0.05, 0) is 6.92 Å². The van der Waals surface area contributed by atoms with Crippen molar-refractivity contribution in [1.82, 2.24) is 4.90 Å². The summed E-state index contributed by atoms with van der Waals surface area (Å²) in [4.78, 5) is 23.8. The van der Waals surface area contributed by atoms with Gasteiger partial charge in [-0.15, -0.1) is 23.5 Å². The topological polar surface area (TPSA) is 57.6 Å². The van der Waals surface area contributed by atoms with Gasteiger partial charge in [0.2, 0.25) is 5.91 Å². The third-order valence-corrected chi connectivity index (χ3v) is 5.37. The second-order valence-corrected chi connectivity index (χ2v) is 6.08. The van der Waals surface area contributed by atoms with Gasteiger partial charge in [-0.25, -0.2) is 4.79 Å². The predicted molar refractivity (Wildman–Crippen MR) is 56.5 cm³/mol. The van der Waals surface area contributed by atoms with Gasteiger partial charge in [0.25, 0.3) is 0 Å². The number of fused-ring (bicyclic) bond motifs is 1. The third kappa shape index (κ3) is 1.40. The van der Waals surface area contributed by atoms with Crippen molar-refractivity contribution in [3.8, 4) is 0 Å². The smallest absolute Gasteiger partial charge is 0.327 e. The van der Waals surface area contributed by atoms with Crippen molar-refractivity contribution in [3.63, 3.8) is 0 Å². The number of aliphatic carboxylic acids is 1. The summed E-state index contributed by atoms with van der Waals surface area (Å²) < 4.78 is 0. The highest BCUT2D eigenvalue weighted by molar-refractivity contribution is 8.04. The zero-order chi connectivity index (χ0) is 10.3. The van der Waals surface area contributed by atoms with Crippen LogP contribution in [-0.2, 0) is 9.59 Å². The number of carbonyl (C=O) groups is 2. The van der Waals surface area contributed by atoms with Gasteiger partial charge in [0.15, 0.2) is 0 Å². The largest absolute Gasteiger partial charge is 0.480 e. The maximum absolute atomic E-state index is 11.6. The molecule has 14 heavy (non-hydrogen) atoms. The quantitative estimate of drug-likeness (QED) is 0.714. The van der Waals surface area contributed by atoms with E-state index in [1.807, 2.05) is 6.92 Å². The fraction of sp³-hybridized carbons (Fsp3) is 0.750. The summed E-state index contributed by atoms with van der Waals surface area (Å²) >= 11 is 3.16. The maximum Gasteiger partial charge on any atom is 0.327 e. The van der Waals surface area contributed by atoms with E-state index in [9.17, 15) is 9.59 Å². The summed E-state index contributed by atoms with van der Waals surface area (Å²) in [5, 5.41) is 8.97. The number of carboxylic acid groups (broad SMARTS) is 1. The van der Waals surface area contributed by atoms with Gasteiger partial charge in [0.05, 0.1) is 10.6 Å². The van der Waals surface area contributed by atoms with Crippen molar-refractivity contribution in [2.75, 3.05) is 17.3 Å². The van der Waals surface area contributed by atoms with Crippen LogP contribution in [0.2, 0.25) is 0 Å². The van der Waals surface area contributed by atoms with E-state index >= 15 is 0 Å². The average molecular weight is 233 g/mol. The SMILES string of the molecule is C[C@]12CSCC(=O)N1[C@H](C(=O)O)CS2. The number of hydrogen-bond acceptors (Lipinski definition) is 4. The number of hydrogen-bond donors (Lipinski definition) is 1. The van der Waals surface area contributed by atoms with Crippen LogP contribution in [0.5, 0.6) is 0 Å². The Labute approximate surface area is 90.4 Å². The lowest BCUT2D eigenvalue weighted by molar-refractivity contribution is -0.149. The normalized spacial score (nSPS) is 37.1. The molecule has 2 aliphatic heterocycles. The minimum absolute atomic E-state index is 0.0406. The standard InChI is InChI=1S/C8H11NO3S2/c1-8-4-13-3-6(10)9(8)5(2-14-8)7(11)12/h5H,2-4H2,1H3,(H,11,12)/t5-,8-/m0/s1. The number of carbonyl (C=O) groups excluding carboxylic acids is 1. The van der Waals surface area contributed by atoms with Crippen molar-refractivity contribution >= 4 is 35.4 Å². The second-order valence-electron chi connectivity index (χ2n) is 3.60. The predicted octanol–water partition coefficient (Wildman–Crippen LogP) is 0.478. The Hall–Kier alpha value is -0.360. The van der Waals surface area contributed by atoms with Gasteiger partial charge in [-0.2, -0.15) is 0 Å². The molecule has 2 heterocycles. The highest BCUT2D eigenvalue weighted by Crippen LogP contribution is 2.44. The van der Waals surface area contributed by atoms with Crippen LogP contribution in [0.15, 0.2) is 0 Å². The summed E-state index contributed by atoms with van der Waals surface area (Å²) in [6.45, 7) is 1.95. The Morgan fingerprint density at radius 1 is 1.71 bits per heavy atom. The van der Waals surface area contributed by atoms with Gasteiger partial charge in [0.1, 0.15) is 6.04 Å². The molecule has 4 nitrogen and oxygen atoms in total. The second kappa shape index (κ2) is 3.34. The first-order chi connectivity index (χ1) is 6.54. The lowest BCUT2D eigenvalue weighted by Crippen LogP contribution is -2.55. The molecule has 6 heteroatoms. The molecule has 0 aromatic rings. The zero-order valence-corrected chi connectivity index (χ0v) is 9.36. The molecule has 1 amide bonds. The summed E-state index contributed by atoms with van der Waals surface area (Å²) in [5.41, 5.74) is 0. The fourth-order valence-electron chi connectivity index (χ4n) is 1.86. The molecule has 78 valence electrons. The van der Waals surface area contributed by atoms with E-state index in [2.05, 4.69) is 0 Å². The molecule has 0 aliphatic carbocycles. The molecule has 2 rings (SSSR count). The molecule has 0 unspecified atom stereocenters. The van der Waals surface area contributed by atoms with Crippen molar-refractivity contribution in [3.05, 3.63) is 0 Å². The molecule has 0 spiro atoms. The highest BCUT2D eigenvalue weighted by atomic mass is 32.2. The molecule has 0 aromatic heterocycles. The van der Waals surface area contributed by atoms with Gasteiger partial charge < -0.3 is 10.0 Å². The monoisotopic (exact) mass is 233 g/mol. The summed E-state index contributed by atoms with van der Waals surface area (Å²) in [5.74, 6) is 0.827. The van der Waals surface area contributed by atoms with Crippen molar-refractivity contribution in [2.24, 2.45) is 0 Å². The van der Waals surface area contributed by atoms with Gasteiger partial charge in [0, 0.05) is 11.5 Å². The van der Waals surface area contributed by atoms with E-state index in [0.717, 1.165) is 5.75 Å². The Bertz CT molecular complexity index is 296. The maximum atomic E-state index is 11.6. The van der Waals surface area contributed by atoms with E-state index in [4.69, 9.17) is 5.11 Å². The highest BCUT2D eigenvalue weighted by Gasteiger charge is 2.51. The number of amides is 1. The van der Waals surface area contributed by atoms with E-state index < -0.39 is 12.0 Å². The molecular weight excluding hydrogens is 222 g/mol. The first kappa shape index (κ1) is 10.2. The Balaban J connectivity index is 2.29. The van der Waals surface area contributed by atoms with Gasteiger partial charge in [-0.1, -0.05) is 0 Å². The summed E-state index contributed by atoms with van der Waals surface area (Å²) in [6, 6.07) is -0.626. The van der Waals surface area contributed by atoms with E-state index in [1.165, 1.54) is 0 Å². The van der Waals surface area contributed by atoms with E-state index in [-0.39, 0.29) is 10.8 Å². The van der Waals surface area contributed by atoms with E-state index in [1.54, 1.807) is 28.4 Å². The minimum Gasteiger partial charge on any atom is -0.480 e. The zero-order valence-electron chi connectivity index (χ0n) is 7.73. The van der Waals surface area contributed by atoms with E-state index in [0.29, 0.717) is 11.5 Å². The molecule has 1 N–H and O–H groups in total. The Kier molecular flexibility index (Phi) is 2.43. The molecule has 0 aromatic carbocycles. The average Bonchev–Trinajstić information content (AvgIpc) is 2.43. The number of nitrogens with zero attached hydrogens (tertiary/aromatic N) is 1. The number of rotatable bonds is 1. The van der Waals surface area contributed by atoms with Gasteiger partial charge >= 0.3 is 5.97 Å². The lowest BCUT2D eigenvalue weighted by atomic mass is 10.2. The van der Waals surface area contributed by atoms with Crippen molar-refractivity contribution < 1.29 is 14.7 Å².